The summed E-state index contributed by atoms with van der Waals surface area (Å²) < 4.78 is 5.92. The molecule has 2 N–H and O–H groups in total. The molecule has 0 heterocycles. The first-order valence-electron chi connectivity index (χ1n) is 7.10. The Morgan fingerprint density at radius 1 is 1.35 bits per heavy atom. The predicted octanol–water partition coefficient (Wildman–Crippen LogP) is 2.33. The van der Waals surface area contributed by atoms with Crippen LogP contribution in [0.2, 0.25) is 0 Å². The lowest BCUT2D eigenvalue weighted by Gasteiger charge is -2.27. The molecule has 3 unspecified atom stereocenters. The van der Waals surface area contributed by atoms with E-state index < -0.39 is 0 Å². The van der Waals surface area contributed by atoms with E-state index in [1.807, 2.05) is 0 Å². The van der Waals surface area contributed by atoms with Gasteiger partial charge in [0.2, 0.25) is 0 Å². The standard InChI is InChI=1S/C14H29NO2/c1-11(2)15-13(10-16)7-8-17-14-6-4-5-12(3)9-14/h11-16H,4-10H2,1-3H3. The number of nitrogens with one attached hydrogen (secondary N) is 1. The molecule has 1 aliphatic carbocycles. The molecule has 0 bridgehead atoms. The summed E-state index contributed by atoms with van der Waals surface area (Å²) in [6, 6.07) is 0.595. The maximum atomic E-state index is 9.24. The maximum Gasteiger partial charge on any atom is 0.0585 e. The second kappa shape index (κ2) is 8.06. The van der Waals surface area contributed by atoms with Gasteiger partial charge in [-0.15, -0.1) is 0 Å². The fraction of sp³-hybridized carbons (Fsp3) is 1.00. The number of hydrogen-bond acceptors (Lipinski definition) is 3. The monoisotopic (exact) mass is 243 g/mol. The van der Waals surface area contributed by atoms with Crippen molar-refractivity contribution in [3.05, 3.63) is 0 Å². The van der Waals surface area contributed by atoms with Gasteiger partial charge in [-0.05, 0) is 25.2 Å². The van der Waals surface area contributed by atoms with Crippen LogP contribution < -0.4 is 5.32 Å². The summed E-state index contributed by atoms with van der Waals surface area (Å²) in [6.07, 6.45) is 6.44. The number of aliphatic hydroxyl groups is 1. The van der Waals surface area contributed by atoms with Crippen LogP contribution in [0.25, 0.3) is 0 Å². The predicted molar refractivity (Wildman–Crippen MR) is 71.1 cm³/mol. The molecule has 1 saturated carbocycles. The molecule has 1 fully saturated rings. The molecule has 0 amide bonds. The summed E-state index contributed by atoms with van der Waals surface area (Å²) in [5, 5.41) is 12.6. The zero-order chi connectivity index (χ0) is 12.7. The van der Waals surface area contributed by atoms with Crippen LogP contribution in [-0.4, -0.2) is 36.5 Å². The highest BCUT2D eigenvalue weighted by atomic mass is 16.5. The fourth-order valence-corrected chi connectivity index (χ4v) is 2.61. The van der Waals surface area contributed by atoms with E-state index in [2.05, 4.69) is 26.1 Å². The van der Waals surface area contributed by atoms with Crippen molar-refractivity contribution in [3.63, 3.8) is 0 Å². The summed E-state index contributed by atoms with van der Waals surface area (Å²) >= 11 is 0. The Morgan fingerprint density at radius 3 is 2.71 bits per heavy atom. The molecule has 3 heteroatoms. The van der Waals surface area contributed by atoms with Crippen molar-refractivity contribution in [2.45, 2.75) is 71.1 Å². The van der Waals surface area contributed by atoms with Crippen molar-refractivity contribution < 1.29 is 9.84 Å². The van der Waals surface area contributed by atoms with E-state index in [0.29, 0.717) is 12.1 Å². The van der Waals surface area contributed by atoms with Gasteiger partial charge in [-0.3, -0.25) is 0 Å². The van der Waals surface area contributed by atoms with Crippen LogP contribution in [0.1, 0.15) is 52.9 Å². The number of ether oxygens (including phenoxy) is 1. The first-order chi connectivity index (χ1) is 8.11. The van der Waals surface area contributed by atoms with Gasteiger partial charge in [-0.2, -0.15) is 0 Å². The molecule has 1 rings (SSSR count). The SMILES string of the molecule is CC1CCCC(OCCC(CO)NC(C)C)C1. The molecule has 0 radical (unpaired) electrons. The first-order valence-corrected chi connectivity index (χ1v) is 7.10. The summed E-state index contributed by atoms with van der Waals surface area (Å²) in [5.74, 6) is 0.816. The average Bonchev–Trinajstić information content (AvgIpc) is 2.27. The Bertz CT molecular complexity index is 193. The van der Waals surface area contributed by atoms with Gasteiger partial charge < -0.3 is 15.2 Å². The Kier molecular flexibility index (Phi) is 7.09. The van der Waals surface area contributed by atoms with Gasteiger partial charge in [-0.1, -0.05) is 33.6 Å². The van der Waals surface area contributed by atoms with E-state index in [0.717, 1.165) is 18.9 Å². The van der Waals surface area contributed by atoms with E-state index in [1.54, 1.807) is 0 Å². The van der Waals surface area contributed by atoms with Crippen molar-refractivity contribution in [3.8, 4) is 0 Å². The molecule has 0 aliphatic heterocycles. The Balaban J connectivity index is 2.12. The minimum Gasteiger partial charge on any atom is -0.395 e. The van der Waals surface area contributed by atoms with Gasteiger partial charge >= 0.3 is 0 Å². The third kappa shape index (κ3) is 6.39. The van der Waals surface area contributed by atoms with Gasteiger partial charge in [0.25, 0.3) is 0 Å². The van der Waals surface area contributed by atoms with E-state index >= 15 is 0 Å². The molecular formula is C14H29NO2. The highest BCUT2D eigenvalue weighted by molar-refractivity contribution is 4.72. The number of rotatable bonds is 7. The highest BCUT2D eigenvalue weighted by Crippen LogP contribution is 2.25. The highest BCUT2D eigenvalue weighted by Gasteiger charge is 2.19. The second-order valence-corrected chi connectivity index (χ2v) is 5.75. The third-order valence-corrected chi connectivity index (χ3v) is 3.50. The summed E-state index contributed by atoms with van der Waals surface area (Å²) in [4.78, 5) is 0. The molecule has 1 aliphatic rings. The van der Waals surface area contributed by atoms with E-state index in [1.165, 1.54) is 25.7 Å². The molecule has 0 spiro atoms. The quantitative estimate of drug-likeness (QED) is 0.721. The van der Waals surface area contributed by atoms with Gasteiger partial charge in [0.15, 0.2) is 0 Å². The molecule has 17 heavy (non-hydrogen) atoms. The van der Waals surface area contributed by atoms with Crippen LogP contribution in [0.15, 0.2) is 0 Å². The molecular weight excluding hydrogens is 214 g/mol. The van der Waals surface area contributed by atoms with E-state index in [-0.39, 0.29) is 12.6 Å². The van der Waals surface area contributed by atoms with Crippen LogP contribution in [0.5, 0.6) is 0 Å². The Hall–Kier alpha value is -0.120. The topological polar surface area (TPSA) is 41.5 Å². The summed E-state index contributed by atoms with van der Waals surface area (Å²) in [6.45, 7) is 7.48. The van der Waals surface area contributed by atoms with Crippen molar-refractivity contribution in [2.24, 2.45) is 5.92 Å². The van der Waals surface area contributed by atoms with Crippen molar-refractivity contribution in [1.82, 2.24) is 5.32 Å². The third-order valence-electron chi connectivity index (χ3n) is 3.50. The van der Waals surface area contributed by atoms with Gasteiger partial charge in [-0.25, -0.2) is 0 Å². The van der Waals surface area contributed by atoms with Gasteiger partial charge in [0.1, 0.15) is 0 Å². The minimum atomic E-state index is 0.177. The fourth-order valence-electron chi connectivity index (χ4n) is 2.61. The number of hydrogen-bond donors (Lipinski definition) is 2. The molecule has 3 atom stereocenters. The summed E-state index contributed by atoms with van der Waals surface area (Å²) in [7, 11) is 0. The van der Waals surface area contributed by atoms with Crippen molar-refractivity contribution in [2.75, 3.05) is 13.2 Å². The maximum absolute atomic E-state index is 9.24. The van der Waals surface area contributed by atoms with Gasteiger partial charge in [0, 0.05) is 18.7 Å². The smallest absolute Gasteiger partial charge is 0.0585 e. The van der Waals surface area contributed by atoms with Crippen LogP contribution in [-0.2, 0) is 4.74 Å². The van der Waals surface area contributed by atoms with E-state index in [9.17, 15) is 5.11 Å². The first kappa shape index (κ1) is 14.9. The lowest BCUT2D eigenvalue weighted by atomic mass is 9.89. The molecule has 0 aromatic rings. The van der Waals surface area contributed by atoms with E-state index in [4.69, 9.17) is 4.74 Å². The Morgan fingerprint density at radius 2 is 2.12 bits per heavy atom. The number of aliphatic hydroxyl groups excluding tert-OH is 1. The second-order valence-electron chi connectivity index (χ2n) is 5.75. The average molecular weight is 243 g/mol. The van der Waals surface area contributed by atoms with Crippen LogP contribution in [0.4, 0.5) is 0 Å². The largest absolute Gasteiger partial charge is 0.395 e. The molecule has 3 nitrogen and oxygen atoms in total. The van der Waals surface area contributed by atoms with Crippen LogP contribution in [0.3, 0.4) is 0 Å². The zero-order valence-electron chi connectivity index (χ0n) is 11.6. The van der Waals surface area contributed by atoms with Gasteiger partial charge in [0.05, 0.1) is 12.7 Å². The van der Waals surface area contributed by atoms with Crippen LogP contribution >= 0.6 is 0 Å². The zero-order valence-corrected chi connectivity index (χ0v) is 11.6. The van der Waals surface area contributed by atoms with Crippen molar-refractivity contribution in [1.29, 1.82) is 0 Å². The normalized spacial score (nSPS) is 27.4. The molecule has 0 aromatic carbocycles. The lowest BCUT2D eigenvalue weighted by molar-refractivity contribution is 0.00866. The Labute approximate surface area is 106 Å². The molecule has 0 saturated heterocycles. The molecule has 102 valence electrons. The van der Waals surface area contributed by atoms with Crippen LogP contribution in [0, 0.1) is 5.92 Å². The summed E-state index contributed by atoms with van der Waals surface area (Å²) in [5.41, 5.74) is 0. The lowest BCUT2D eigenvalue weighted by Crippen LogP contribution is -2.38. The molecule has 0 aromatic heterocycles. The minimum absolute atomic E-state index is 0.177. The van der Waals surface area contributed by atoms with Crippen molar-refractivity contribution >= 4 is 0 Å².